The van der Waals surface area contributed by atoms with E-state index < -0.39 is 0 Å². The van der Waals surface area contributed by atoms with Crippen molar-refractivity contribution in [1.82, 2.24) is 20.1 Å². The maximum atomic E-state index is 5.92. The third-order valence-corrected chi connectivity index (χ3v) is 5.61. The van der Waals surface area contributed by atoms with Gasteiger partial charge < -0.3 is 10.1 Å². The second-order valence-electron chi connectivity index (χ2n) is 6.71. The molecule has 0 radical (unpaired) electrons. The molecule has 1 N–H and O–H groups in total. The average Bonchev–Trinajstić information content (AvgIpc) is 3.03. The van der Waals surface area contributed by atoms with Crippen molar-refractivity contribution in [2.24, 2.45) is 5.41 Å². The van der Waals surface area contributed by atoms with Crippen molar-refractivity contribution in [3.8, 4) is 5.69 Å². The van der Waals surface area contributed by atoms with Crippen molar-refractivity contribution in [3.05, 3.63) is 42.5 Å². The van der Waals surface area contributed by atoms with Gasteiger partial charge in [-0.2, -0.15) is 5.10 Å². The Hall–Kier alpha value is -1.72. The van der Waals surface area contributed by atoms with Gasteiger partial charge in [0.25, 0.3) is 0 Å². The number of benzene rings is 1. The van der Waals surface area contributed by atoms with E-state index in [1.807, 2.05) is 0 Å². The molecule has 5 nitrogen and oxygen atoms in total. The minimum atomic E-state index is 0.427. The molecule has 2 atom stereocenters. The lowest BCUT2D eigenvalue weighted by Crippen LogP contribution is -2.66. The summed E-state index contributed by atoms with van der Waals surface area (Å²) in [4.78, 5) is 3.98. The number of hydrogen-bond acceptors (Lipinski definition) is 4. The van der Waals surface area contributed by atoms with Crippen LogP contribution in [-0.4, -0.2) is 33.5 Å². The largest absolute Gasteiger partial charge is 0.378 e. The summed E-state index contributed by atoms with van der Waals surface area (Å²) in [7, 11) is 0. The van der Waals surface area contributed by atoms with E-state index in [2.05, 4.69) is 46.6 Å². The zero-order chi connectivity index (χ0) is 15.7. The average molecular weight is 312 g/mol. The van der Waals surface area contributed by atoms with Crippen LogP contribution in [0, 0.1) is 5.41 Å². The SMILES string of the molecule is CCO[C@H]1C[C@H](NCc2ccc(-n3cncn3)cc2)C12CCC2. The van der Waals surface area contributed by atoms with Gasteiger partial charge in [0.05, 0.1) is 11.8 Å². The molecule has 2 saturated carbocycles. The molecule has 2 aliphatic rings. The molecule has 1 aromatic heterocycles. The Balaban J connectivity index is 1.35. The molecule has 2 aromatic rings. The Morgan fingerprint density at radius 3 is 2.74 bits per heavy atom. The molecule has 5 heteroatoms. The van der Waals surface area contributed by atoms with Crippen LogP contribution in [-0.2, 0) is 11.3 Å². The van der Waals surface area contributed by atoms with Gasteiger partial charge in [0, 0.05) is 24.6 Å². The van der Waals surface area contributed by atoms with Crippen LogP contribution in [0.4, 0.5) is 0 Å². The van der Waals surface area contributed by atoms with Crippen LogP contribution in [0.15, 0.2) is 36.9 Å². The highest BCUT2D eigenvalue weighted by Gasteiger charge is 2.58. The maximum absolute atomic E-state index is 5.92. The molecule has 0 amide bonds. The van der Waals surface area contributed by atoms with Crippen molar-refractivity contribution < 1.29 is 4.74 Å². The molecule has 0 bridgehead atoms. The lowest BCUT2D eigenvalue weighted by atomic mass is 9.51. The van der Waals surface area contributed by atoms with E-state index in [1.165, 1.54) is 24.8 Å². The first-order valence-corrected chi connectivity index (χ1v) is 8.61. The van der Waals surface area contributed by atoms with Crippen LogP contribution < -0.4 is 5.32 Å². The van der Waals surface area contributed by atoms with E-state index in [-0.39, 0.29) is 0 Å². The Morgan fingerprint density at radius 2 is 2.13 bits per heavy atom. The van der Waals surface area contributed by atoms with Crippen molar-refractivity contribution in [2.75, 3.05) is 6.61 Å². The summed E-state index contributed by atoms with van der Waals surface area (Å²) in [5, 5.41) is 7.91. The Morgan fingerprint density at radius 1 is 1.30 bits per heavy atom. The molecule has 2 fully saturated rings. The molecule has 1 heterocycles. The highest BCUT2D eigenvalue weighted by Crippen LogP contribution is 2.57. The van der Waals surface area contributed by atoms with Gasteiger partial charge in [0.15, 0.2) is 0 Å². The van der Waals surface area contributed by atoms with Gasteiger partial charge in [0.1, 0.15) is 12.7 Å². The van der Waals surface area contributed by atoms with Gasteiger partial charge in [-0.1, -0.05) is 18.6 Å². The Kier molecular flexibility index (Phi) is 3.91. The fourth-order valence-electron chi connectivity index (χ4n) is 4.07. The number of nitrogens with one attached hydrogen (secondary N) is 1. The summed E-state index contributed by atoms with van der Waals surface area (Å²) < 4.78 is 7.70. The molecule has 0 aliphatic heterocycles. The molecule has 2 aliphatic carbocycles. The first-order chi connectivity index (χ1) is 11.3. The van der Waals surface area contributed by atoms with E-state index >= 15 is 0 Å². The molecule has 1 aromatic carbocycles. The van der Waals surface area contributed by atoms with Gasteiger partial charge >= 0.3 is 0 Å². The molecule has 4 rings (SSSR count). The normalized spacial score (nSPS) is 25.1. The third kappa shape index (κ3) is 2.58. The molecule has 0 saturated heterocycles. The smallest absolute Gasteiger partial charge is 0.138 e. The number of hydrogen-bond donors (Lipinski definition) is 1. The van der Waals surface area contributed by atoms with E-state index in [4.69, 9.17) is 4.74 Å². The van der Waals surface area contributed by atoms with Crippen LogP contribution in [0.5, 0.6) is 0 Å². The van der Waals surface area contributed by atoms with Crippen LogP contribution in [0.1, 0.15) is 38.2 Å². The van der Waals surface area contributed by atoms with Crippen LogP contribution in [0.2, 0.25) is 0 Å². The van der Waals surface area contributed by atoms with Crippen molar-refractivity contribution in [3.63, 3.8) is 0 Å². The Bertz CT molecular complexity index is 634. The van der Waals surface area contributed by atoms with Crippen molar-refractivity contribution >= 4 is 0 Å². The summed E-state index contributed by atoms with van der Waals surface area (Å²) in [6.45, 7) is 3.86. The first-order valence-electron chi connectivity index (χ1n) is 8.61. The lowest BCUT2D eigenvalue weighted by molar-refractivity contribution is -0.173. The van der Waals surface area contributed by atoms with Gasteiger partial charge in [0.2, 0.25) is 0 Å². The Labute approximate surface area is 137 Å². The molecule has 0 unspecified atom stereocenters. The van der Waals surface area contributed by atoms with Crippen LogP contribution in [0.3, 0.4) is 0 Å². The van der Waals surface area contributed by atoms with E-state index in [1.54, 1.807) is 17.3 Å². The molecule has 1 spiro atoms. The summed E-state index contributed by atoms with van der Waals surface area (Å²) >= 11 is 0. The minimum absolute atomic E-state index is 0.427. The van der Waals surface area contributed by atoms with E-state index in [0.29, 0.717) is 17.6 Å². The van der Waals surface area contributed by atoms with Crippen LogP contribution >= 0.6 is 0 Å². The highest BCUT2D eigenvalue weighted by atomic mass is 16.5. The zero-order valence-corrected chi connectivity index (χ0v) is 13.6. The van der Waals surface area contributed by atoms with E-state index in [0.717, 1.165) is 25.3 Å². The van der Waals surface area contributed by atoms with Crippen LogP contribution in [0.25, 0.3) is 5.69 Å². The summed E-state index contributed by atoms with van der Waals surface area (Å²) in [6, 6.07) is 9.12. The standard InChI is InChI=1S/C18H24N4O/c1-2-23-17-10-16(18(17)8-3-9-18)20-11-14-4-6-15(7-5-14)22-13-19-12-21-22/h4-7,12-13,16-17,20H,2-3,8-11H2,1H3/t16-,17-/m0/s1. The predicted octanol–water partition coefficient (Wildman–Crippen LogP) is 2.70. The number of nitrogens with zero attached hydrogens (tertiary/aromatic N) is 3. The van der Waals surface area contributed by atoms with Gasteiger partial charge in [-0.3, -0.25) is 0 Å². The fraction of sp³-hybridized carbons (Fsp3) is 0.556. The summed E-state index contributed by atoms with van der Waals surface area (Å²) in [5.41, 5.74) is 2.78. The number of aromatic nitrogens is 3. The summed E-state index contributed by atoms with van der Waals surface area (Å²) in [6.07, 6.45) is 8.91. The lowest BCUT2D eigenvalue weighted by Gasteiger charge is -2.61. The third-order valence-electron chi connectivity index (χ3n) is 5.61. The van der Waals surface area contributed by atoms with Gasteiger partial charge in [-0.25, -0.2) is 9.67 Å². The van der Waals surface area contributed by atoms with E-state index in [9.17, 15) is 0 Å². The first kappa shape index (κ1) is 14.8. The minimum Gasteiger partial charge on any atom is -0.378 e. The number of rotatable bonds is 6. The van der Waals surface area contributed by atoms with Gasteiger partial charge in [-0.05, 0) is 43.9 Å². The molecular formula is C18H24N4O. The maximum Gasteiger partial charge on any atom is 0.138 e. The van der Waals surface area contributed by atoms with Crippen molar-refractivity contribution in [1.29, 1.82) is 0 Å². The molecule has 122 valence electrons. The quantitative estimate of drug-likeness (QED) is 0.891. The molecule has 23 heavy (non-hydrogen) atoms. The highest BCUT2D eigenvalue weighted by molar-refractivity contribution is 5.33. The molecular weight excluding hydrogens is 288 g/mol. The topological polar surface area (TPSA) is 52.0 Å². The van der Waals surface area contributed by atoms with Crippen molar-refractivity contribution in [2.45, 2.75) is 51.3 Å². The van der Waals surface area contributed by atoms with Gasteiger partial charge in [-0.15, -0.1) is 0 Å². The predicted molar refractivity (Wildman–Crippen MR) is 88.3 cm³/mol. The second kappa shape index (κ2) is 6.06. The monoisotopic (exact) mass is 312 g/mol. The second-order valence-corrected chi connectivity index (χ2v) is 6.71. The fourth-order valence-corrected chi connectivity index (χ4v) is 4.07. The zero-order valence-electron chi connectivity index (χ0n) is 13.6. The summed E-state index contributed by atoms with van der Waals surface area (Å²) in [5.74, 6) is 0. The number of ether oxygens (including phenoxy) is 1.